The number of carbonyl (C=O) groups is 1. The number of ether oxygens (including phenoxy) is 1. The van der Waals surface area contributed by atoms with Crippen molar-refractivity contribution >= 4 is 6.03 Å². The standard InChI is InChI=1S/C14H26N4O2/c1-12(2)11-20-7-5-6-15-14(19)17(3)9-13-8-16-18(4)10-13/h8,10,12H,5-7,9,11H2,1-4H3,(H,15,19). The van der Waals surface area contributed by atoms with Gasteiger partial charge in [0.05, 0.1) is 12.7 Å². The molecule has 0 atom stereocenters. The molecule has 6 heteroatoms. The molecule has 0 fully saturated rings. The Hall–Kier alpha value is -1.56. The summed E-state index contributed by atoms with van der Waals surface area (Å²) in [6.45, 7) is 6.89. The lowest BCUT2D eigenvalue weighted by atomic mass is 10.2. The monoisotopic (exact) mass is 282 g/mol. The maximum atomic E-state index is 11.8. The maximum Gasteiger partial charge on any atom is 0.317 e. The third-order valence-corrected chi connectivity index (χ3v) is 2.72. The van der Waals surface area contributed by atoms with Gasteiger partial charge in [-0.15, -0.1) is 0 Å². The molecular weight excluding hydrogens is 256 g/mol. The van der Waals surface area contributed by atoms with Crippen LogP contribution < -0.4 is 5.32 Å². The first kappa shape index (κ1) is 16.5. The van der Waals surface area contributed by atoms with Gasteiger partial charge in [-0.05, 0) is 12.3 Å². The van der Waals surface area contributed by atoms with E-state index in [1.54, 1.807) is 22.8 Å². The fraction of sp³-hybridized carbons (Fsp3) is 0.714. The summed E-state index contributed by atoms with van der Waals surface area (Å²) in [6.07, 6.45) is 4.51. The van der Waals surface area contributed by atoms with Crippen molar-refractivity contribution in [2.75, 3.05) is 26.8 Å². The topological polar surface area (TPSA) is 59.4 Å². The van der Waals surface area contributed by atoms with Crippen LogP contribution in [-0.2, 0) is 18.3 Å². The number of hydrogen-bond acceptors (Lipinski definition) is 3. The quantitative estimate of drug-likeness (QED) is 0.737. The SMILES string of the molecule is CC(C)COCCCNC(=O)N(C)Cc1cnn(C)c1. The molecule has 0 aliphatic rings. The molecule has 0 saturated carbocycles. The van der Waals surface area contributed by atoms with Gasteiger partial charge in [0.1, 0.15) is 0 Å². The molecule has 114 valence electrons. The summed E-state index contributed by atoms with van der Waals surface area (Å²) in [4.78, 5) is 13.5. The van der Waals surface area contributed by atoms with E-state index in [4.69, 9.17) is 4.74 Å². The Kier molecular flexibility index (Phi) is 7.08. The normalized spacial score (nSPS) is 10.8. The van der Waals surface area contributed by atoms with Gasteiger partial charge in [0, 0.05) is 45.6 Å². The van der Waals surface area contributed by atoms with Gasteiger partial charge < -0.3 is 15.0 Å². The van der Waals surface area contributed by atoms with Crippen LogP contribution in [0, 0.1) is 5.92 Å². The predicted molar refractivity (Wildman–Crippen MR) is 78.3 cm³/mol. The van der Waals surface area contributed by atoms with E-state index >= 15 is 0 Å². The molecule has 0 spiro atoms. The summed E-state index contributed by atoms with van der Waals surface area (Å²) in [7, 11) is 3.64. The highest BCUT2D eigenvalue weighted by Crippen LogP contribution is 2.01. The van der Waals surface area contributed by atoms with Gasteiger partial charge in [0.2, 0.25) is 0 Å². The average Bonchev–Trinajstić information content (AvgIpc) is 2.78. The smallest absolute Gasteiger partial charge is 0.317 e. The molecule has 0 bridgehead atoms. The zero-order valence-corrected chi connectivity index (χ0v) is 12.9. The number of aromatic nitrogens is 2. The zero-order chi connectivity index (χ0) is 15.0. The molecule has 0 aliphatic carbocycles. The highest BCUT2D eigenvalue weighted by Gasteiger charge is 2.09. The van der Waals surface area contributed by atoms with Crippen LogP contribution in [0.15, 0.2) is 12.4 Å². The van der Waals surface area contributed by atoms with Crippen molar-refractivity contribution < 1.29 is 9.53 Å². The molecule has 0 radical (unpaired) electrons. The van der Waals surface area contributed by atoms with Gasteiger partial charge in [-0.1, -0.05) is 13.8 Å². The molecule has 0 saturated heterocycles. The van der Waals surface area contributed by atoms with Crippen molar-refractivity contribution in [2.45, 2.75) is 26.8 Å². The summed E-state index contributed by atoms with van der Waals surface area (Å²) in [5.41, 5.74) is 1.02. The van der Waals surface area contributed by atoms with Gasteiger partial charge in [0.15, 0.2) is 0 Å². The third-order valence-electron chi connectivity index (χ3n) is 2.72. The Balaban J connectivity index is 2.12. The number of nitrogens with zero attached hydrogens (tertiary/aromatic N) is 3. The van der Waals surface area contributed by atoms with Crippen LogP contribution in [0.2, 0.25) is 0 Å². The molecule has 1 aromatic heterocycles. The van der Waals surface area contributed by atoms with E-state index < -0.39 is 0 Å². The van der Waals surface area contributed by atoms with Gasteiger partial charge in [-0.25, -0.2) is 4.79 Å². The maximum absolute atomic E-state index is 11.8. The molecule has 20 heavy (non-hydrogen) atoms. The number of amides is 2. The molecule has 6 nitrogen and oxygen atoms in total. The number of aryl methyl sites for hydroxylation is 1. The van der Waals surface area contributed by atoms with E-state index in [2.05, 4.69) is 24.3 Å². The van der Waals surface area contributed by atoms with Crippen molar-refractivity contribution in [3.05, 3.63) is 18.0 Å². The highest BCUT2D eigenvalue weighted by molar-refractivity contribution is 5.73. The molecule has 1 aromatic rings. The molecule has 0 unspecified atom stereocenters. The number of hydrogen-bond donors (Lipinski definition) is 1. The van der Waals surface area contributed by atoms with E-state index in [-0.39, 0.29) is 6.03 Å². The molecule has 0 aliphatic heterocycles. The highest BCUT2D eigenvalue weighted by atomic mass is 16.5. The Bertz CT molecular complexity index is 404. The van der Waals surface area contributed by atoms with E-state index in [0.29, 0.717) is 25.6 Å². The first-order valence-corrected chi connectivity index (χ1v) is 7.03. The third kappa shape index (κ3) is 6.56. The predicted octanol–water partition coefficient (Wildman–Crippen LogP) is 1.62. The first-order valence-electron chi connectivity index (χ1n) is 7.03. The van der Waals surface area contributed by atoms with Crippen LogP contribution in [0.1, 0.15) is 25.8 Å². The minimum Gasteiger partial charge on any atom is -0.381 e. The molecular formula is C14H26N4O2. The molecule has 1 heterocycles. The second-order valence-corrected chi connectivity index (χ2v) is 5.43. The van der Waals surface area contributed by atoms with Gasteiger partial charge in [0.25, 0.3) is 0 Å². The van der Waals surface area contributed by atoms with Gasteiger partial charge >= 0.3 is 6.03 Å². The Morgan fingerprint density at radius 1 is 1.55 bits per heavy atom. The Morgan fingerprint density at radius 2 is 2.30 bits per heavy atom. The summed E-state index contributed by atoms with van der Waals surface area (Å²) in [5.74, 6) is 0.551. The summed E-state index contributed by atoms with van der Waals surface area (Å²) < 4.78 is 7.19. The lowest BCUT2D eigenvalue weighted by molar-refractivity contribution is 0.108. The lowest BCUT2D eigenvalue weighted by Gasteiger charge is -2.17. The van der Waals surface area contributed by atoms with E-state index in [9.17, 15) is 4.79 Å². The van der Waals surface area contributed by atoms with Crippen LogP contribution in [0.25, 0.3) is 0 Å². The van der Waals surface area contributed by atoms with Gasteiger partial charge in [-0.2, -0.15) is 5.10 Å². The van der Waals surface area contributed by atoms with Crippen molar-refractivity contribution in [3.63, 3.8) is 0 Å². The van der Waals surface area contributed by atoms with Crippen LogP contribution in [-0.4, -0.2) is 47.5 Å². The summed E-state index contributed by atoms with van der Waals surface area (Å²) in [5, 5.41) is 6.96. The molecule has 2 amide bonds. The number of nitrogens with one attached hydrogen (secondary N) is 1. The van der Waals surface area contributed by atoms with E-state index in [1.807, 2.05) is 13.2 Å². The summed E-state index contributed by atoms with van der Waals surface area (Å²) in [6, 6.07) is -0.0716. The zero-order valence-electron chi connectivity index (χ0n) is 12.9. The second-order valence-electron chi connectivity index (χ2n) is 5.43. The van der Waals surface area contributed by atoms with E-state index in [1.165, 1.54) is 0 Å². The van der Waals surface area contributed by atoms with E-state index in [0.717, 1.165) is 18.6 Å². The average molecular weight is 282 g/mol. The molecule has 1 N–H and O–H groups in total. The second kappa shape index (κ2) is 8.58. The number of rotatable bonds is 8. The van der Waals surface area contributed by atoms with Crippen LogP contribution in [0.3, 0.4) is 0 Å². The minimum absolute atomic E-state index is 0.0716. The van der Waals surface area contributed by atoms with Crippen LogP contribution in [0.5, 0.6) is 0 Å². The minimum atomic E-state index is -0.0716. The first-order chi connectivity index (χ1) is 9.49. The van der Waals surface area contributed by atoms with Crippen molar-refractivity contribution in [3.8, 4) is 0 Å². The fourth-order valence-electron chi connectivity index (χ4n) is 1.72. The van der Waals surface area contributed by atoms with Gasteiger partial charge in [-0.3, -0.25) is 4.68 Å². The molecule has 1 rings (SSSR count). The van der Waals surface area contributed by atoms with Crippen molar-refractivity contribution in [1.29, 1.82) is 0 Å². The largest absolute Gasteiger partial charge is 0.381 e. The van der Waals surface area contributed by atoms with Crippen LogP contribution >= 0.6 is 0 Å². The van der Waals surface area contributed by atoms with Crippen molar-refractivity contribution in [1.82, 2.24) is 20.0 Å². The fourth-order valence-corrected chi connectivity index (χ4v) is 1.72. The van der Waals surface area contributed by atoms with Crippen LogP contribution in [0.4, 0.5) is 4.79 Å². The molecule has 0 aromatic carbocycles. The number of urea groups is 1. The Labute approximate surface area is 121 Å². The Morgan fingerprint density at radius 3 is 2.90 bits per heavy atom. The summed E-state index contributed by atoms with van der Waals surface area (Å²) >= 11 is 0. The van der Waals surface area contributed by atoms with Crippen molar-refractivity contribution in [2.24, 2.45) is 13.0 Å². The lowest BCUT2D eigenvalue weighted by Crippen LogP contribution is -2.37. The number of carbonyl (C=O) groups excluding carboxylic acids is 1.